The highest BCUT2D eigenvalue weighted by Crippen LogP contribution is 2.55. The summed E-state index contributed by atoms with van der Waals surface area (Å²) < 4.78 is 7.43. The summed E-state index contributed by atoms with van der Waals surface area (Å²) in [6, 6.07) is 13.2. The number of anilines is 2. The second kappa shape index (κ2) is 9.76. The SMILES string of the molecule is CCOC(=O)CN1C(=O)C(=Cc2cc(Br)c3c(c2)C2CCCC2N3c2ccc(Br)cc2)SC1=S. The van der Waals surface area contributed by atoms with Crippen LogP contribution < -0.4 is 4.90 Å². The number of hydrogen-bond donors (Lipinski definition) is 0. The number of carbonyl (C=O) groups is 2. The number of nitrogens with zero attached hydrogens (tertiary/aromatic N) is 2. The predicted molar refractivity (Wildman–Crippen MR) is 147 cm³/mol. The van der Waals surface area contributed by atoms with Crippen molar-refractivity contribution in [2.75, 3.05) is 18.1 Å². The van der Waals surface area contributed by atoms with Crippen LogP contribution in [0.4, 0.5) is 11.4 Å². The van der Waals surface area contributed by atoms with E-state index in [9.17, 15) is 9.59 Å². The first-order valence-electron chi connectivity index (χ1n) is 11.2. The molecule has 0 aromatic heterocycles. The summed E-state index contributed by atoms with van der Waals surface area (Å²) in [4.78, 5) is 29.1. The minimum atomic E-state index is -0.458. The molecule has 1 saturated carbocycles. The Bertz CT molecular complexity index is 1220. The Hall–Kier alpha value is -1.68. The lowest BCUT2D eigenvalue weighted by atomic mass is 9.96. The van der Waals surface area contributed by atoms with Crippen LogP contribution in [-0.4, -0.2) is 40.3 Å². The van der Waals surface area contributed by atoms with Gasteiger partial charge >= 0.3 is 5.97 Å². The summed E-state index contributed by atoms with van der Waals surface area (Å²) in [5.41, 5.74) is 4.66. The van der Waals surface area contributed by atoms with Crippen molar-refractivity contribution in [3.05, 3.63) is 61.4 Å². The molecule has 9 heteroatoms. The van der Waals surface area contributed by atoms with E-state index < -0.39 is 5.97 Å². The minimum absolute atomic E-state index is 0.157. The van der Waals surface area contributed by atoms with Crippen LogP contribution in [0.5, 0.6) is 0 Å². The highest BCUT2D eigenvalue weighted by atomic mass is 79.9. The fourth-order valence-electron chi connectivity index (χ4n) is 5.09. The van der Waals surface area contributed by atoms with Crippen molar-refractivity contribution in [1.82, 2.24) is 4.90 Å². The Balaban J connectivity index is 1.48. The normalized spacial score (nSPS) is 22.5. The van der Waals surface area contributed by atoms with Gasteiger partial charge < -0.3 is 9.64 Å². The van der Waals surface area contributed by atoms with Crippen molar-refractivity contribution >= 4 is 89.5 Å². The van der Waals surface area contributed by atoms with Gasteiger partial charge in [0.1, 0.15) is 10.9 Å². The molecule has 3 aliphatic rings. The van der Waals surface area contributed by atoms with Crippen LogP contribution in [0.1, 0.15) is 43.2 Å². The van der Waals surface area contributed by atoms with E-state index in [1.807, 2.05) is 6.08 Å². The van der Waals surface area contributed by atoms with Crippen LogP contribution in [0, 0.1) is 0 Å². The van der Waals surface area contributed by atoms with Crippen LogP contribution >= 0.6 is 55.8 Å². The number of esters is 1. The molecule has 0 bridgehead atoms. The van der Waals surface area contributed by atoms with E-state index in [1.54, 1.807) is 6.92 Å². The van der Waals surface area contributed by atoms with Gasteiger partial charge in [0.25, 0.3) is 5.91 Å². The maximum atomic E-state index is 12.9. The number of halogens is 2. The number of carbonyl (C=O) groups excluding carboxylic acids is 2. The molecule has 2 atom stereocenters. The number of amides is 1. The Morgan fingerprint density at radius 3 is 2.74 bits per heavy atom. The van der Waals surface area contributed by atoms with Crippen molar-refractivity contribution in [2.45, 2.75) is 38.1 Å². The molecular weight excluding hydrogens is 600 g/mol. The molecule has 1 amide bonds. The molecular formula is C25H22Br2N2O3S2. The van der Waals surface area contributed by atoms with E-state index in [-0.39, 0.29) is 19.1 Å². The van der Waals surface area contributed by atoms with E-state index in [0.29, 0.717) is 21.2 Å². The molecule has 1 aliphatic carbocycles. The van der Waals surface area contributed by atoms with Gasteiger partial charge in [-0.2, -0.15) is 0 Å². The molecule has 2 aromatic carbocycles. The van der Waals surface area contributed by atoms with Gasteiger partial charge in [0.15, 0.2) is 0 Å². The van der Waals surface area contributed by atoms with Gasteiger partial charge in [0.05, 0.1) is 17.2 Å². The molecule has 176 valence electrons. The van der Waals surface area contributed by atoms with Crippen molar-refractivity contribution in [1.29, 1.82) is 0 Å². The molecule has 5 nitrogen and oxygen atoms in total. The summed E-state index contributed by atoms with van der Waals surface area (Å²) in [6.45, 7) is 1.85. The van der Waals surface area contributed by atoms with E-state index in [0.717, 1.165) is 27.4 Å². The molecule has 2 fully saturated rings. The summed E-state index contributed by atoms with van der Waals surface area (Å²) in [6.07, 6.45) is 5.39. The summed E-state index contributed by atoms with van der Waals surface area (Å²) >= 11 is 14.0. The second-order valence-corrected chi connectivity index (χ2v) is 11.9. The average Bonchev–Trinajstić information content (AvgIpc) is 3.45. The molecule has 1 saturated heterocycles. The number of thioether (sulfide) groups is 1. The molecule has 0 N–H and O–H groups in total. The molecule has 0 radical (unpaired) electrons. The quantitative estimate of drug-likeness (QED) is 0.209. The highest BCUT2D eigenvalue weighted by molar-refractivity contribution is 9.10. The first-order valence-corrected chi connectivity index (χ1v) is 14.0. The summed E-state index contributed by atoms with van der Waals surface area (Å²) in [5, 5.41) is 0. The maximum absolute atomic E-state index is 12.9. The standard InChI is InChI=1S/C25H22Br2N2O3S2/c1-2-32-22(30)13-28-24(31)21(34-25(28)33)12-14-10-18-17-4-3-5-20(17)29(23(18)19(27)11-14)16-8-6-15(26)7-9-16/h6-12,17,20H,2-5,13H2,1H3. The predicted octanol–water partition coefficient (Wildman–Crippen LogP) is 6.76. The molecule has 34 heavy (non-hydrogen) atoms. The topological polar surface area (TPSA) is 49.9 Å². The van der Waals surface area contributed by atoms with Gasteiger partial charge in [-0.05, 0) is 89.3 Å². The fraction of sp³-hybridized carbons (Fsp3) is 0.320. The second-order valence-electron chi connectivity index (χ2n) is 8.46. The summed E-state index contributed by atoms with van der Waals surface area (Å²) in [7, 11) is 0. The smallest absolute Gasteiger partial charge is 0.326 e. The van der Waals surface area contributed by atoms with Crippen molar-refractivity contribution < 1.29 is 14.3 Å². The van der Waals surface area contributed by atoms with Gasteiger partial charge in [0, 0.05) is 26.6 Å². The highest BCUT2D eigenvalue weighted by Gasteiger charge is 2.43. The third-order valence-electron chi connectivity index (χ3n) is 6.44. The zero-order valence-electron chi connectivity index (χ0n) is 18.4. The lowest BCUT2D eigenvalue weighted by molar-refractivity contribution is -0.145. The number of rotatable bonds is 5. The molecule has 2 heterocycles. The molecule has 2 aliphatic heterocycles. The summed E-state index contributed by atoms with van der Waals surface area (Å²) in [5.74, 6) is -0.253. The number of ether oxygens (including phenoxy) is 1. The molecule has 0 spiro atoms. The van der Waals surface area contributed by atoms with E-state index >= 15 is 0 Å². The first-order chi connectivity index (χ1) is 16.4. The maximum Gasteiger partial charge on any atom is 0.326 e. The molecule has 2 unspecified atom stereocenters. The minimum Gasteiger partial charge on any atom is -0.465 e. The third-order valence-corrected chi connectivity index (χ3v) is 8.95. The van der Waals surface area contributed by atoms with Gasteiger partial charge in [-0.15, -0.1) is 0 Å². The lowest BCUT2D eigenvalue weighted by Gasteiger charge is -2.28. The van der Waals surface area contributed by atoms with Crippen LogP contribution in [-0.2, 0) is 14.3 Å². The molecule has 5 rings (SSSR count). The van der Waals surface area contributed by atoms with Crippen molar-refractivity contribution in [3.63, 3.8) is 0 Å². The third kappa shape index (κ3) is 4.36. The lowest BCUT2D eigenvalue weighted by Crippen LogP contribution is -2.34. The van der Waals surface area contributed by atoms with Crippen LogP contribution in [0.3, 0.4) is 0 Å². The van der Waals surface area contributed by atoms with E-state index in [1.165, 1.54) is 40.0 Å². The zero-order valence-corrected chi connectivity index (χ0v) is 23.2. The zero-order chi connectivity index (χ0) is 24.0. The average molecular weight is 622 g/mol. The molecule has 2 aromatic rings. The van der Waals surface area contributed by atoms with E-state index in [4.69, 9.17) is 17.0 Å². The van der Waals surface area contributed by atoms with Crippen LogP contribution in [0.15, 0.2) is 50.2 Å². The Kier molecular flexibility index (Phi) is 6.90. The number of benzene rings is 2. The van der Waals surface area contributed by atoms with Gasteiger partial charge in [-0.25, -0.2) is 0 Å². The van der Waals surface area contributed by atoms with Crippen LogP contribution in [0.2, 0.25) is 0 Å². The van der Waals surface area contributed by atoms with Crippen molar-refractivity contribution in [2.24, 2.45) is 0 Å². The van der Waals surface area contributed by atoms with Gasteiger partial charge in [-0.3, -0.25) is 14.5 Å². The Morgan fingerprint density at radius 2 is 2.00 bits per heavy atom. The largest absolute Gasteiger partial charge is 0.465 e. The monoisotopic (exact) mass is 620 g/mol. The number of thiocarbonyl (C=S) groups is 1. The van der Waals surface area contributed by atoms with E-state index in [2.05, 4.69) is 73.2 Å². The Labute approximate surface area is 225 Å². The number of fused-ring (bicyclic) bond motifs is 3. The van der Waals surface area contributed by atoms with Gasteiger partial charge in [-0.1, -0.05) is 46.3 Å². The Morgan fingerprint density at radius 1 is 1.24 bits per heavy atom. The first kappa shape index (κ1) is 24.0. The van der Waals surface area contributed by atoms with Crippen molar-refractivity contribution in [3.8, 4) is 0 Å². The number of hydrogen-bond acceptors (Lipinski definition) is 6. The van der Waals surface area contributed by atoms with Gasteiger partial charge in [0.2, 0.25) is 0 Å². The van der Waals surface area contributed by atoms with Crippen LogP contribution in [0.25, 0.3) is 6.08 Å². The fourth-order valence-corrected chi connectivity index (χ4v) is 7.29.